The van der Waals surface area contributed by atoms with Gasteiger partial charge in [0.2, 0.25) is 0 Å². The predicted molar refractivity (Wildman–Crippen MR) is 90.1 cm³/mol. The Labute approximate surface area is 136 Å². The topological polar surface area (TPSA) is 45.2 Å². The summed E-state index contributed by atoms with van der Waals surface area (Å²) in [5.41, 5.74) is 0.676. The molecule has 0 radical (unpaired) electrons. The Hall–Kier alpha value is -1.33. The fraction of sp³-hybridized carbons (Fsp3) is 0.529. The summed E-state index contributed by atoms with van der Waals surface area (Å²) < 4.78 is 0. The molecule has 0 saturated carbocycles. The van der Waals surface area contributed by atoms with Gasteiger partial charge in [0.05, 0.1) is 5.56 Å². The van der Waals surface area contributed by atoms with E-state index in [2.05, 4.69) is 27.9 Å². The highest BCUT2D eigenvalue weighted by molar-refractivity contribution is 7.98. The summed E-state index contributed by atoms with van der Waals surface area (Å²) in [5, 5.41) is 3.89. The quantitative estimate of drug-likeness (QED) is 0.669. The Balaban J connectivity index is 1.59. The second kappa shape index (κ2) is 6.84. The standard InChI is InChI=1S/C17H23N3OS/c1-3-12-11-20-8-6-13(12)9-14(20)10-19-16(21)15-5-4-7-18-17(15)22-2/h3-5,7,12-14H,1,6,8-11H2,2H3,(H,19,21)/t12-,13-,14+/m0/s1. The van der Waals surface area contributed by atoms with E-state index in [0.29, 0.717) is 17.5 Å². The maximum Gasteiger partial charge on any atom is 0.254 e. The molecule has 1 aromatic heterocycles. The zero-order chi connectivity index (χ0) is 15.5. The van der Waals surface area contributed by atoms with E-state index in [-0.39, 0.29) is 5.91 Å². The van der Waals surface area contributed by atoms with Gasteiger partial charge < -0.3 is 5.32 Å². The molecule has 1 amide bonds. The molecule has 2 bridgehead atoms. The van der Waals surface area contributed by atoms with Crippen molar-refractivity contribution >= 4 is 17.7 Å². The molecule has 3 fully saturated rings. The molecule has 3 aliphatic rings. The molecule has 118 valence electrons. The lowest BCUT2D eigenvalue weighted by atomic mass is 9.75. The van der Waals surface area contributed by atoms with Crippen LogP contribution in [0.25, 0.3) is 0 Å². The Kier molecular flexibility index (Phi) is 4.84. The SMILES string of the molecule is C=C[C@H]1CN2CC[C@H]1C[C@@H]2CNC(=O)c1cccnc1SC. The normalized spacial score (nSPS) is 30.0. The van der Waals surface area contributed by atoms with Crippen LogP contribution in [0.1, 0.15) is 23.2 Å². The summed E-state index contributed by atoms with van der Waals surface area (Å²) in [5.74, 6) is 1.35. The zero-order valence-corrected chi connectivity index (χ0v) is 13.8. The van der Waals surface area contributed by atoms with Gasteiger partial charge in [-0.25, -0.2) is 4.98 Å². The molecule has 4 heterocycles. The minimum Gasteiger partial charge on any atom is -0.350 e. The highest BCUT2D eigenvalue weighted by Gasteiger charge is 2.38. The number of hydrogen-bond donors (Lipinski definition) is 1. The van der Waals surface area contributed by atoms with E-state index < -0.39 is 0 Å². The van der Waals surface area contributed by atoms with Crippen LogP contribution in [-0.2, 0) is 0 Å². The molecule has 4 rings (SSSR count). The molecule has 4 atom stereocenters. The lowest BCUT2D eigenvalue weighted by molar-refractivity contribution is 0.0195. The van der Waals surface area contributed by atoms with Gasteiger partial charge in [-0.2, -0.15) is 0 Å². The van der Waals surface area contributed by atoms with Crippen LogP contribution in [0.15, 0.2) is 36.0 Å². The highest BCUT2D eigenvalue weighted by Crippen LogP contribution is 2.36. The molecule has 0 aliphatic carbocycles. The predicted octanol–water partition coefficient (Wildman–Crippen LogP) is 2.43. The van der Waals surface area contributed by atoms with E-state index in [9.17, 15) is 4.79 Å². The molecule has 0 aromatic carbocycles. The molecule has 3 saturated heterocycles. The van der Waals surface area contributed by atoms with Gasteiger partial charge in [0.15, 0.2) is 0 Å². The van der Waals surface area contributed by atoms with Crippen molar-refractivity contribution in [3.8, 4) is 0 Å². The summed E-state index contributed by atoms with van der Waals surface area (Å²) in [6.07, 6.45) is 8.20. The van der Waals surface area contributed by atoms with Crippen LogP contribution in [0, 0.1) is 11.8 Å². The number of rotatable bonds is 5. The number of thioether (sulfide) groups is 1. The third kappa shape index (κ3) is 3.06. The summed E-state index contributed by atoms with van der Waals surface area (Å²) in [6, 6.07) is 4.12. The molecule has 4 nitrogen and oxygen atoms in total. The number of carbonyl (C=O) groups excluding carboxylic acids is 1. The van der Waals surface area contributed by atoms with Crippen LogP contribution in [0.3, 0.4) is 0 Å². The van der Waals surface area contributed by atoms with Crippen molar-refractivity contribution in [3.63, 3.8) is 0 Å². The van der Waals surface area contributed by atoms with Crippen molar-refractivity contribution < 1.29 is 4.79 Å². The number of hydrogen-bond acceptors (Lipinski definition) is 4. The molecule has 3 aliphatic heterocycles. The largest absolute Gasteiger partial charge is 0.350 e. The van der Waals surface area contributed by atoms with Crippen LogP contribution >= 0.6 is 11.8 Å². The lowest BCUT2D eigenvalue weighted by Gasteiger charge is -2.49. The number of pyridine rings is 1. The minimum absolute atomic E-state index is 0.0135. The van der Waals surface area contributed by atoms with Gasteiger partial charge in [-0.3, -0.25) is 9.69 Å². The summed E-state index contributed by atoms with van der Waals surface area (Å²) in [4.78, 5) is 19.2. The average molecular weight is 317 g/mol. The summed E-state index contributed by atoms with van der Waals surface area (Å²) in [6.45, 7) is 6.93. The van der Waals surface area contributed by atoms with Crippen molar-refractivity contribution in [2.45, 2.75) is 23.9 Å². The van der Waals surface area contributed by atoms with E-state index in [1.807, 2.05) is 18.4 Å². The lowest BCUT2D eigenvalue weighted by Crippen LogP contribution is -2.56. The molecular formula is C17H23N3OS. The van der Waals surface area contributed by atoms with Crippen molar-refractivity contribution in [3.05, 3.63) is 36.5 Å². The van der Waals surface area contributed by atoms with Gasteiger partial charge in [-0.15, -0.1) is 18.3 Å². The Morgan fingerprint density at radius 1 is 1.64 bits per heavy atom. The molecule has 1 N–H and O–H groups in total. The van der Waals surface area contributed by atoms with Crippen LogP contribution < -0.4 is 5.32 Å². The third-order valence-electron chi connectivity index (χ3n) is 4.94. The van der Waals surface area contributed by atoms with Gasteiger partial charge in [-0.05, 0) is 49.6 Å². The minimum atomic E-state index is -0.0135. The van der Waals surface area contributed by atoms with Gasteiger partial charge in [0.1, 0.15) is 5.03 Å². The molecule has 5 heteroatoms. The monoisotopic (exact) mass is 317 g/mol. The molecule has 1 aromatic rings. The van der Waals surface area contributed by atoms with Crippen molar-refractivity contribution in [1.82, 2.24) is 15.2 Å². The number of piperidine rings is 3. The van der Waals surface area contributed by atoms with Crippen LogP contribution in [0.4, 0.5) is 0 Å². The number of nitrogens with zero attached hydrogens (tertiary/aromatic N) is 2. The maximum atomic E-state index is 12.4. The molecular weight excluding hydrogens is 294 g/mol. The second-order valence-corrected chi connectivity index (χ2v) is 6.90. The smallest absolute Gasteiger partial charge is 0.254 e. The fourth-order valence-corrected chi connectivity index (χ4v) is 4.24. The Bertz CT molecular complexity index is 563. The summed E-state index contributed by atoms with van der Waals surface area (Å²) >= 11 is 1.51. The van der Waals surface area contributed by atoms with E-state index >= 15 is 0 Å². The maximum absolute atomic E-state index is 12.4. The highest BCUT2D eigenvalue weighted by atomic mass is 32.2. The number of fused-ring (bicyclic) bond motifs is 3. The number of carbonyl (C=O) groups is 1. The average Bonchev–Trinajstić information content (AvgIpc) is 2.59. The van der Waals surface area contributed by atoms with Crippen molar-refractivity contribution in [1.29, 1.82) is 0 Å². The third-order valence-corrected chi connectivity index (χ3v) is 5.65. The first-order valence-electron chi connectivity index (χ1n) is 7.86. The van der Waals surface area contributed by atoms with Crippen molar-refractivity contribution in [2.24, 2.45) is 11.8 Å². The molecule has 22 heavy (non-hydrogen) atoms. The Morgan fingerprint density at radius 3 is 3.18 bits per heavy atom. The zero-order valence-electron chi connectivity index (χ0n) is 13.0. The Morgan fingerprint density at radius 2 is 2.50 bits per heavy atom. The molecule has 1 unspecified atom stereocenters. The van der Waals surface area contributed by atoms with Crippen LogP contribution in [-0.4, -0.2) is 47.7 Å². The number of nitrogens with one attached hydrogen (secondary N) is 1. The number of aromatic nitrogens is 1. The van der Waals surface area contributed by atoms with Gasteiger partial charge in [0, 0.05) is 25.3 Å². The van der Waals surface area contributed by atoms with Crippen LogP contribution in [0.5, 0.6) is 0 Å². The first-order valence-corrected chi connectivity index (χ1v) is 9.09. The van der Waals surface area contributed by atoms with Gasteiger partial charge in [-0.1, -0.05) is 6.08 Å². The molecule has 0 spiro atoms. The first kappa shape index (κ1) is 15.6. The van der Waals surface area contributed by atoms with Gasteiger partial charge in [0.25, 0.3) is 5.91 Å². The van der Waals surface area contributed by atoms with Gasteiger partial charge >= 0.3 is 0 Å². The van der Waals surface area contributed by atoms with Crippen molar-refractivity contribution in [2.75, 3.05) is 25.9 Å². The van der Waals surface area contributed by atoms with E-state index in [1.54, 1.807) is 6.20 Å². The van der Waals surface area contributed by atoms with E-state index in [0.717, 1.165) is 30.6 Å². The summed E-state index contributed by atoms with van der Waals surface area (Å²) in [7, 11) is 0. The first-order chi connectivity index (χ1) is 10.7. The van der Waals surface area contributed by atoms with Crippen LogP contribution in [0.2, 0.25) is 0 Å². The number of amides is 1. The van der Waals surface area contributed by atoms with E-state index in [1.165, 1.54) is 24.6 Å². The van der Waals surface area contributed by atoms with E-state index in [4.69, 9.17) is 0 Å². The second-order valence-electron chi connectivity index (χ2n) is 6.10. The fourth-order valence-electron chi connectivity index (χ4n) is 3.69.